The lowest BCUT2D eigenvalue weighted by molar-refractivity contribution is 1.17. The summed E-state index contributed by atoms with van der Waals surface area (Å²) in [5, 5.41) is 6.28. The van der Waals surface area contributed by atoms with Crippen LogP contribution in [0.3, 0.4) is 0 Å². The topological polar surface area (TPSA) is 37.8 Å². The molecule has 22 heavy (non-hydrogen) atoms. The first-order chi connectivity index (χ1) is 10.7. The lowest BCUT2D eigenvalue weighted by Crippen LogP contribution is -1.96. The fourth-order valence-electron chi connectivity index (χ4n) is 2.35. The van der Waals surface area contributed by atoms with Crippen molar-refractivity contribution in [3.8, 4) is 22.5 Å². The molecule has 0 bridgehead atoms. The molecule has 1 N–H and O–H groups in total. The van der Waals surface area contributed by atoms with E-state index in [9.17, 15) is 0 Å². The van der Waals surface area contributed by atoms with E-state index >= 15 is 0 Å². The average molecular weight is 309 g/mol. The number of rotatable bonds is 4. The lowest BCUT2D eigenvalue weighted by Gasteiger charge is -2.06. The second-order valence-electron chi connectivity index (χ2n) is 5.26. The molecule has 0 radical (unpaired) electrons. The molecule has 0 saturated carbocycles. The molecule has 1 aromatic carbocycles. The van der Waals surface area contributed by atoms with Crippen molar-refractivity contribution in [2.45, 2.75) is 20.8 Å². The number of nitrogens with one attached hydrogen (secondary N) is 1. The largest absolute Gasteiger partial charge is 0.362 e. The third-order valence-electron chi connectivity index (χ3n) is 3.54. The molecule has 0 spiro atoms. The molecule has 3 aromatic rings. The first-order valence-corrected chi connectivity index (χ1v) is 8.30. The summed E-state index contributed by atoms with van der Waals surface area (Å²) in [6.45, 7) is 7.09. The molecule has 0 aliphatic rings. The van der Waals surface area contributed by atoms with Crippen LogP contribution in [-0.2, 0) is 0 Å². The van der Waals surface area contributed by atoms with E-state index in [2.05, 4.69) is 65.9 Å². The molecule has 0 aliphatic heterocycles. The van der Waals surface area contributed by atoms with Crippen molar-refractivity contribution in [2.75, 3.05) is 11.9 Å². The number of aromatic nitrogens is 2. The van der Waals surface area contributed by atoms with E-state index in [0.717, 1.165) is 39.9 Å². The zero-order chi connectivity index (χ0) is 15.5. The molecule has 3 nitrogen and oxygen atoms in total. The third-order valence-corrected chi connectivity index (χ3v) is 4.34. The van der Waals surface area contributed by atoms with Crippen LogP contribution in [0.15, 0.2) is 41.8 Å². The lowest BCUT2D eigenvalue weighted by atomic mass is 10.1. The maximum atomic E-state index is 4.75. The van der Waals surface area contributed by atoms with Crippen LogP contribution < -0.4 is 5.32 Å². The number of benzene rings is 1. The van der Waals surface area contributed by atoms with Crippen LogP contribution >= 0.6 is 11.3 Å². The van der Waals surface area contributed by atoms with Crippen LogP contribution in [0.2, 0.25) is 0 Å². The van der Waals surface area contributed by atoms with Crippen LogP contribution in [0.5, 0.6) is 0 Å². The van der Waals surface area contributed by atoms with E-state index in [4.69, 9.17) is 4.98 Å². The summed E-state index contributed by atoms with van der Waals surface area (Å²) in [6.07, 6.45) is 0. The van der Waals surface area contributed by atoms with E-state index < -0.39 is 0 Å². The van der Waals surface area contributed by atoms with Gasteiger partial charge in [-0.25, -0.2) is 4.98 Å². The number of hydrogen-bond acceptors (Lipinski definition) is 4. The molecule has 4 heteroatoms. The highest BCUT2D eigenvalue weighted by atomic mass is 32.1. The highest BCUT2D eigenvalue weighted by Crippen LogP contribution is 2.28. The molecule has 2 aromatic heterocycles. The average Bonchev–Trinajstić information content (AvgIpc) is 2.97. The quantitative estimate of drug-likeness (QED) is 0.743. The van der Waals surface area contributed by atoms with Crippen LogP contribution in [0.4, 0.5) is 5.13 Å². The molecule has 0 aliphatic carbocycles. The summed E-state index contributed by atoms with van der Waals surface area (Å²) in [5.74, 6) is 0. The summed E-state index contributed by atoms with van der Waals surface area (Å²) < 4.78 is 0. The third kappa shape index (κ3) is 3.02. The van der Waals surface area contributed by atoms with Gasteiger partial charge in [-0.15, -0.1) is 11.3 Å². The Morgan fingerprint density at radius 1 is 0.955 bits per heavy atom. The number of aryl methyl sites for hydroxylation is 2. The monoisotopic (exact) mass is 309 g/mol. The van der Waals surface area contributed by atoms with E-state index in [1.54, 1.807) is 11.3 Å². The predicted molar refractivity (Wildman–Crippen MR) is 94.4 cm³/mol. The Kier molecular flexibility index (Phi) is 4.20. The SMILES string of the molecule is CCNc1nc(-c2ccc(-c3ccc(C)cc3)nc2C)cs1. The van der Waals surface area contributed by atoms with Gasteiger partial charge in [-0.1, -0.05) is 29.8 Å². The van der Waals surface area contributed by atoms with Gasteiger partial charge in [0, 0.05) is 28.7 Å². The Morgan fingerprint density at radius 3 is 2.41 bits per heavy atom. The molecule has 112 valence electrons. The molecule has 0 atom stereocenters. The maximum Gasteiger partial charge on any atom is 0.183 e. The second-order valence-corrected chi connectivity index (χ2v) is 6.12. The fraction of sp³-hybridized carbons (Fsp3) is 0.222. The van der Waals surface area contributed by atoms with Gasteiger partial charge < -0.3 is 5.32 Å². The Labute approximate surface area is 135 Å². The maximum absolute atomic E-state index is 4.75. The number of pyridine rings is 1. The Bertz CT molecular complexity index is 775. The molecule has 0 amide bonds. The van der Waals surface area contributed by atoms with Crippen LogP contribution in [0.1, 0.15) is 18.2 Å². The first-order valence-electron chi connectivity index (χ1n) is 7.42. The van der Waals surface area contributed by atoms with Crippen molar-refractivity contribution in [2.24, 2.45) is 0 Å². The Balaban J connectivity index is 1.92. The molecular formula is C18H19N3S. The van der Waals surface area contributed by atoms with Crippen molar-refractivity contribution in [3.63, 3.8) is 0 Å². The summed E-state index contributed by atoms with van der Waals surface area (Å²) in [5.41, 5.74) is 6.50. The van der Waals surface area contributed by atoms with Gasteiger partial charge in [0.05, 0.1) is 11.4 Å². The highest BCUT2D eigenvalue weighted by molar-refractivity contribution is 7.14. The Hall–Kier alpha value is -2.20. The van der Waals surface area contributed by atoms with Crippen molar-refractivity contribution >= 4 is 16.5 Å². The zero-order valence-electron chi connectivity index (χ0n) is 13.1. The normalized spacial score (nSPS) is 10.7. The molecule has 3 rings (SSSR count). The van der Waals surface area contributed by atoms with Crippen LogP contribution in [-0.4, -0.2) is 16.5 Å². The number of anilines is 1. The standard InChI is InChI=1S/C18H19N3S/c1-4-19-18-21-17(11-22-18)15-9-10-16(20-13(15)3)14-7-5-12(2)6-8-14/h5-11H,4H2,1-3H3,(H,19,21). The summed E-state index contributed by atoms with van der Waals surface area (Å²) in [6, 6.07) is 12.6. The van der Waals surface area contributed by atoms with E-state index in [1.807, 2.05) is 6.92 Å². The second kappa shape index (κ2) is 6.28. The van der Waals surface area contributed by atoms with Crippen molar-refractivity contribution in [1.29, 1.82) is 0 Å². The number of hydrogen-bond donors (Lipinski definition) is 1. The fourth-order valence-corrected chi connectivity index (χ4v) is 3.13. The predicted octanol–water partition coefficient (Wildman–Crippen LogP) is 4.92. The van der Waals surface area contributed by atoms with Gasteiger partial charge in [-0.05, 0) is 32.9 Å². The van der Waals surface area contributed by atoms with Gasteiger partial charge in [-0.3, -0.25) is 4.98 Å². The van der Waals surface area contributed by atoms with E-state index in [1.165, 1.54) is 5.56 Å². The molecule has 2 heterocycles. The van der Waals surface area contributed by atoms with Gasteiger partial charge in [-0.2, -0.15) is 0 Å². The summed E-state index contributed by atoms with van der Waals surface area (Å²) >= 11 is 1.63. The summed E-state index contributed by atoms with van der Waals surface area (Å²) in [4.78, 5) is 9.36. The van der Waals surface area contributed by atoms with Gasteiger partial charge >= 0.3 is 0 Å². The minimum Gasteiger partial charge on any atom is -0.362 e. The van der Waals surface area contributed by atoms with Crippen molar-refractivity contribution in [1.82, 2.24) is 9.97 Å². The van der Waals surface area contributed by atoms with Gasteiger partial charge in [0.25, 0.3) is 0 Å². The van der Waals surface area contributed by atoms with E-state index in [-0.39, 0.29) is 0 Å². The Morgan fingerprint density at radius 2 is 1.73 bits per heavy atom. The highest BCUT2D eigenvalue weighted by Gasteiger charge is 2.09. The van der Waals surface area contributed by atoms with Crippen LogP contribution in [0.25, 0.3) is 22.5 Å². The van der Waals surface area contributed by atoms with Crippen molar-refractivity contribution < 1.29 is 0 Å². The van der Waals surface area contributed by atoms with Gasteiger partial charge in [0.15, 0.2) is 5.13 Å². The zero-order valence-corrected chi connectivity index (χ0v) is 13.9. The minimum atomic E-state index is 0.885. The minimum absolute atomic E-state index is 0.885. The van der Waals surface area contributed by atoms with E-state index in [0.29, 0.717) is 0 Å². The molecule has 0 saturated heterocycles. The number of thiazole rings is 1. The molecule has 0 fully saturated rings. The summed E-state index contributed by atoms with van der Waals surface area (Å²) in [7, 11) is 0. The van der Waals surface area contributed by atoms with Gasteiger partial charge in [0.1, 0.15) is 0 Å². The molecule has 0 unspecified atom stereocenters. The first kappa shape index (κ1) is 14.7. The van der Waals surface area contributed by atoms with Crippen LogP contribution in [0, 0.1) is 13.8 Å². The number of nitrogens with zero attached hydrogens (tertiary/aromatic N) is 2. The smallest absolute Gasteiger partial charge is 0.183 e. The molecular weight excluding hydrogens is 290 g/mol. The van der Waals surface area contributed by atoms with Crippen molar-refractivity contribution in [3.05, 3.63) is 53.0 Å². The van der Waals surface area contributed by atoms with Gasteiger partial charge in [0.2, 0.25) is 0 Å².